The van der Waals surface area contributed by atoms with Crippen LogP contribution in [-0.4, -0.2) is 42.2 Å². The Hall–Kier alpha value is -1.72. The number of halogens is 3. The van der Waals surface area contributed by atoms with Crippen molar-refractivity contribution in [1.29, 1.82) is 0 Å². The highest BCUT2D eigenvalue weighted by atomic mass is 35.5. The zero-order valence-corrected chi connectivity index (χ0v) is 20.4. The predicted molar refractivity (Wildman–Crippen MR) is 134 cm³/mol. The molecule has 0 aliphatic carbocycles. The number of nitrogens with zero attached hydrogens (tertiary/aromatic N) is 1. The topological polar surface area (TPSA) is 49.8 Å². The van der Waals surface area contributed by atoms with Crippen molar-refractivity contribution in [3.63, 3.8) is 0 Å². The molecule has 1 N–H and O–H groups in total. The maximum atomic E-state index is 10.8. The van der Waals surface area contributed by atoms with E-state index in [4.69, 9.17) is 33.0 Å². The maximum Gasteiger partial charge on any atom is 0.304 e. The van der Waals surface area contributed by atoms with Crippen LogP contribution in [0.5, 0.6) is 5.75 Å². The van der Waals surface area contributed by atoms with Crippen molar-refractivity contribution < 1.29 is 14.6 Å². The lowest BCUT2D eigenvalue weighted by Crippen LogP contribution is -2.44. The molecule has 0 amide bonds. The van der Waals surface area contributed by atoms with Crippen molar-refractivity contribution in [2.75, 3.05) is 26.2 Å². The summed E-state index contributed by atoms with van der Waals surface area (Å²) in [5.74, 6) is 0.208. The Morgan fingerprint density at radius 3 is 2.62 bits per heavy atom. The molecule has 1 fully saturated rings. The number of aliphatic carboxylic acids is 1. The normalized spacial score (nSPS) is 17.2. The number of carboxylic acid groups (broad SMARTS) is 1. The molecular formula is C25H28Cl3NO3. The first kappa shape index (κ1) is 24.9. The lowest BCUT2D eigenvalue weighted by Gasteiger charge is -2.38. The molecule has 0 atom stereocenters. The summed E-state index contributed by atoms with van der Waals surface area (Å²) in [7, 11) is 0. The number of rotatable bonds is 6. The molecular weight excluding hydrogens is 469 g/mol. The van der Waals surface area contributed by atoms with Crippen molar-refractivity contribution in [3.05, 3.63) is 62.6 Å². The predicted octanol–water partition coefficient (Wildman–Crippen LogP) is 6.35. The average Bonchev–Trinajstić information content (AvgIpc) is 3.11. The van der Waals surface area contributed by atoms with Crippen LogP contribution >= 0.6 is 35.6 Å². The molecule has 2 heterocycles. The molecule has 2 aromatic carbocycles. The first-order valence-electron chi connectivity index (χ1n) is 10.8. The summed E-state index contributed by atoms with van der Waals surface area (Å²) in [6.45, 7) is 5.20. The number of piperidine rings is 1. The van der Waals surface area contributed by atoms with E-state index in [0.717, 1.165) is 54.8 Å². The van der Waals surface area contributed by atoms with Gasteiger partial charge in [-0.25, -0.2) is 0 Å². The largest absolute Gasteiger partial charge is 0.492 e. The Balaban J connectivity index is 0.00000289. The molecule has 0 bridgehead atoms. The smallest absolute Gasteiger partial charge is 0.304 e. The number of carbonyl (C=O) groups is 1. The molecule has 0 unspecified atom stereocenters. The van der Waals surface area contributed by atoms with Crippen molar-refractivity contribution in [1.82, 2.24) is 4.90 Å². The summed E-state index contributed by atoms with van der Waals surface area (Å²) >= 11 is 12.9. The van der Waals surface area contributed by atoms with Crippen molar-refractivity contribution in [2.45, 2.75) is 38.0 Å². The molecule has 7 heteroatoms. The summed E-state index contributed by atoms with van der Waals surface area (Å²) in [6.07, 6.45) is 7.03. The number of ether oxygens (including phenoxy) is 1. The van der Waals surface area contributed by atoms with Crippen LogP contribution in [0.25, 0.3) is 12.2 Å². The van der Waals surface area contributed by atoms with Gasteiger partial charge in [0, 0.05) is 28.1 Å². The molecule has 2 aromatic rings. The lowest BCUT2D eigenvalue weighted by atomic mass is 9.74. The van der Waals surface area contributed by atoms with E-state index in [-0.39, 0.29) is 24.2 Å². The Morgan fingerprint density at radius 1 is 1.19 bits per heavy atom. The van der Waals surface area contributed by atoms with Crippen molar-refractivity contribution >= 4 is 53.7 Å². The fourth-order valence-corrected chi connectivity index (χ4v) is 5.22. The van der Waals surface area contributed by atoms with E-state index >= 15 is 0 Å². The van der Waals surface area contributed by atoms with Gasteiger partial charge in [0.05, 0.1) is 18.1 Å². The number of carboxylic acids is 1. The Labute approximate surface area is 205 Å². The SMILES string of the molecule is CCc1ccc(Cl)c(C=Cc2ccc3c(c2)OCC32CCN(CCC(=O)O)CC2)c1Cl.Cl. The Kier molecular flexibility index (Phi) is 8.16. The highest BCUT2D eigenvalue weighted by Gasteiger charge is 2.42. The minimum absolute atomic E-state index is 0. The minimum Gasteiger partial charge on any atom is -0.492 e. The second-order valence-electron chi connectivity index (χ2n) is 8.43. The van der Waals surface area contributed by atoms with Gasteiger partial charge in [0.1, 0.15) is 5.75 Å². The third-order valence-electron chi connectivity index (χ3n) is 6.57. The monoisotopic (exact) mass is 495 g/mol. The third kappa shape index (κ3) is 5.09. The van der Waals surface area contributed by atoms with E-state index < -0.39 is 5.97 Å². The van der Waals surface area contributed by atoms with Crippen LogP contribution in [0.4, 0.5) is 0 Å². The minimum atomic E-state index is -0.737. The molecule has 1 saturated heterocycles. The molecule has 0 radical (unpaired) electrons. The van der Waals surface area contributed by atoms with E-state index in [1.165, 1.54) is 5.56 Å². The first-order chi connectivity index (χ1) is 14.9. The van der Waals surface area contributed by atoms with E-state index in [1.54, 1.807) is 0 Å². The van der Waals surface area contributed by atoms with E-state index in [1.807, 2.05) is 24.3 Å². The highest BCUT2D eigenvalue weighted by Crippen LogP contribution is 2.46. The van der Waals surface area contributed by atoms with Crippen LogP contribution in [0.15, 0.2) is 30.3 Å². The van der Waals surface area contributed by atoms with Crippen LogP contribution in [0.3, 0.4) is 0 Å². The number of hydrogen-bond donors (Lipinski definition) is 1. The van der Waals surface area contributed by atoms with E-state index in [9.17, 15) is 4.79 Å². The summed E-state index contributed by atoms with van der Waals surface area (Å²) in [5, 5.41) is 10.3. The van der Waals surface area contributed by atoms with Crippen LogP contribution in [0.1, 0.15) is 48.4 Å². The number of likely N-dealkylation sites (tertiary alicyclic amines) is 1. The molecule has 4 rings (SSSR count). The fourth-order valence-electron chi connectivity index (χ4n) is 4.59. The summed E-state index contributed by atoms with van der Waals surface area (Å²) in [6, 6.07) is 10.2. The third-order valence-corrected chi connectivity index (χ3v) is 7.34. The maximum absolute atomic E-state index is 10.8. The molecule has 172 valence electrons. The molecule has 2 aliphatic heterocycles. The number of aryl methyl sites for hydroxylation is 1. The fraction of sp³-hybridized carbons (Fsp3) is 0.400. The van der Waals surface area contributed by atoms with Gasteiger partial charge in [0.2, 0.25) is 0 Å². The van der Waals surface area contributed by atoms with Crippen LogP contribution < -0.4 is 4.74 Å². The highest BCUT2D eigenvalue weighted by molar-refractivity contribution is 6.37. The first-order valence-corrected chi connectivity index (χ1v) is 11.5. The quantitative estimate of drug-likeness (QED) is 0.474. The molecule has 0 saturated carbocycles. The molecule has 1 spiro atoms. The van der Waals surface area contributed by atoms with Gasteiger partial charge in [0.25, 0.3) is 0 Å². The lowest BCUT2D eigenvalue weighted by molar-refractivity contribution is -0.137. The zero-order chi connectivity index (χ0) is 22.0. The Bertz CT molecular complexity index is 1010. The van der Waals surface area contributed by atoms with Gasteiger partial charge in [-0.15, -0.1) is 12.4 Å². The summed E-state index contributed by atoms with van der Waals surface area (Å²) in [5.41, 5.74) is 4.28. The van der Waals surface area contributed by atoms with Crippen molar-refractivity contribution in [3.8, 4) is 5.75 Å². The van der Waals surface area contributed by atoms with E-state index in [0.29, 0.717) is 23.2 Å². The van der Waals surface area contributed by atoms with Gasteiger partial charge >= 0.3 is 5.97 Å². The van der Waals surface area contributed by atoms with Gasteiger partial charge < -0.3 is 14.7 Å². The zero-order valence-electron chi connectivity index (χ0n) is 18.1. The van der Waals surface area contributed by atoms with Crippen LogP contribution in [0, 0.1) is 0 Å². The van der Waals surface area contributed by atoms with Crippen molar-refractivity contribution in [2.24, 2.45) is 0 Å². The summed E-state index contributed by atoms with van der Waals surface area (Å²) in [4.78, 5) is 13.1. The molecule has 4 nitrogen and oxygen atoms in total. The van der Waals surface area contributed by atoms with E-state index in [2.05, 4.69) is 30.0 Å². The van der Waals surface area contributed by atoms with Gasteiger partial charge in [-0.3, -0.25) is 4.79 Å². The van der Waals surface area contributed by atoms with Gasteiger partial charge in [-0.1, -0.05) is 60.5 Å². The average molecular weight is 497 g/mol. The number of fused-ring (bicyclic) bond motifs is 2. The van der Waals surface area contributed by atoms with Gasteiger partial charge in [0.15, 0.2) is 0 Å². The number of benzene rings is 2. The van der Waals surface area contributed by atoms with Crippen LogP contribution in [0.2, 0.25) is 10.0 Å². The molecule has 32 heavy (non-hydrogen) atoms. The Morgan fingerprint density at radius 2 is 1.94 bits per heavy atom. The van der Waals surface area contributed by atoms with Gasteiger partial charge in [-0.05, 0) is 55.6 Å². The van der Waals surface area contributed by atoms with Crippen LogP contribution in [-0.2, 0) is 16.6 Å². The summed E-state index contributed by atoms with van der Waals surface area (Å²) < 4.78 is 6.10. The second kappa shape index (κ2) is 10.5. The van der Waals surface area contributed by atoms with Gasteiger partial charge in [-0.2, -0.15) is 0 Å². The standard InChI is InChI=1S/C25H27Cl2NO3.ClH/c1-2-18-5-8-21(26)19(24(18)27)6-3-17-4-7-20-22(15-17)31-16-25(20)10-13-28(14-11-25)12-9-23(29)30;/h3-8,15H,2,9-14,16H2,1H3,(H,29,30);1H. The molecule has 2 aliphatic rings. The second-order valence-corrected chi connectivity index (χ2v) is 9.22. The number of hydrogen-bond acceptors (Lipinski definition) is 3. The molecule has 0 aromatic heterocycles.